The van der Waals surface area contributed by atoms with Crippen molar-refractivity contribution in [3.63, 3.8) is 0 Å². The number of ketones is 1. The standard InChI is InChI=1S/C23H25NO3/c1-16-9-8-10-18(13-16)14-20(25)23(3,4)24-15-27-17(2)21(22(24)26)19-11-6-5-7-12-19/h5-13H,14-15H2,1-4H3. The van der Waals surface area contributed by atoms with Crippen molar-refractivity contribution >= 4 is 17.3 Å². The first-order chi connectivity index (χ1) is 12.8. The third-order valence-corrected chi connectivity index (χ3v) is 5.09. The van der Waals surface area contributed by atoms with Gasteiger partial charge in [0.2, 0.25) is 0 Å². The van der Waals surface area contributed by atoms with Crippen molar-refractivity contribution < 1.29 is 14.3 Å². The van der Waals surface area contributed by atoms with Crippen LogP contribution in [-0.4, -0.2) is 28.9 Å². The molecule has 140 valence electrons. The summed E-state index contributed by atoms with van der Waals surface area (Å²) >= 11 is 0. The lowest BCUT2D eigenvalue weighted by Crippen LogP contribution is -2.56. The van der Waals surface area contributed by atoms with Crippen LogP contribution in [0.5, 0.6) is 0 Å². The summed E-state index contributed by atoms with van der Waals surface area (Å²) in [4.78, 5) is 27.8. The predicted molar refractivity (Wildman–Crippen MR) is 106 cm³/mol. The van der Waals surface area contributed by atoms with Crippen molar-refractivity contribution in [1.29, 1.82) is 0 Å². The number of carbonyl (C=O) groups is 2. The van der Waals surface area contributed by atoms with E-state index >= 15 is 0 Å². The largest absolute Gasteiger partial charge is 0.477 e. The molecule has 2 aromatic carbocycles. The molecular weight excluding hydrogens is 338 g/mol. The van der Waals surface area contributed by atoms with E-state index in [1.165, 1.54) is 4.90 Å². The minimum Gasteiger partial charge on any atom is -0.477 e. The van der Waals surface area contributed by atoms with Gasteiger partial charge < -0.3 is 4.74 Å². The lowest BCUT2D eigenvalue weighted by atomic mass is 9.90. The van der Waals surface area contributed by atoms with Gasteiger partial charge in [-0.25, -0.2) is 0 Å². The van der Waals surface area contributed by atoms with Gasteiger partial charge in [-0.05, 0) is 38.8 Å². The summed E-state index contributed by atoms with van der Waals surface area (Å²) in [5, 5.41) is 0. The Morgan fingerprint density at radius 3 is 2.44 bits per heavy atom. The molecule has 0 saturated heterocycles. The molecule has 0 fully saturated rings. The van der Waals surface area contributed by atoms with E-state index < -0.39 is 5.54 Å². The van der Waals surface area contributed by atoms with Crippen LogP contribution in [0.15, 0.2) is 60.4 Å². The number of aryl methyl sites for hydroxylation is 1. The van der Waals surface area contributed by atoms with Crippen LogP contribution in [-0.2, 0) is 20.7 Å². The molecule has 0 aliphatic carbocycles. The minimum atomic E-state index is -0.971. The molecule has 0 saturated carbocycles. The summed E-state index contributed by atoms with van der Waals surface area (Å²) in [6.45, 7) is 7.44. The van der Waals surface area contributed by atoms with Gasteiger partial charge in [0.15, 0.2) is 12.5 Å². The molecule has 4 heteroatoms. The van der Waals surface area contributed by atoms with Gasteiger partial charge in [-0.15, -0.1) is 0 Å². The van der Waals surface area contributed by atoms with Crippen LogP contribution in [0.1, 0.15) is 37.5 Å². The fraction of sp³-hybridized carbons (Fsp3) is 0.304. The molecule has 0 N–H and O–H groups in total. The molecule has 2 aromatic rings. The van der Waals surface area contributed by atoms with Crippen molar-refractivity contribution in [1.82, 2.24) is 4.90 Å². The van der Waals surface area contributed by atoms with Gasteiger partial charge >= 0.3 is 0 Å². The summed E-state index contributed by atoms with van der Waals surface area (Å²) in [6.07, 6.45) is 0.280. The molecule has 0 bridgehead atoms. The molecule has 27 heavy (non-hydrogen) atoms. The number of hydrogen-bond acceptors (Lipinski definition) is 3. The second-order valence-electron chi connectivity index (χ2n) is 7.45. The third-order valence-electron chi connectivity index (χ3n) is 5.09. The summed E-state index contributed by atoms with van der Waals surface area (Å²) < 4.78 is 5.77. The first-order valence-corrected chi connectivity index (χ1v) is 9.10. The van der Waals surface area contributed by atoms with Crippen molar-refractivity contribution in [2.75, 3.05) is 6.73 Å². The van der Waals surface area contributed by atoms with Gasteiger partial charge in [-0.3, -0.25) is 14.5 Å². The van der Waals surface area contributed by atoms with Crippen molar-refractivity contribution in [3.05, 3.63) is 77.0 Å². The third kappa shape index (κ3) is 3.80. The highest BCUT2D eigenvalue weighted by molar-refractivity contribution is 6.21. The van der Waals surface area contributed by atoms with Gasteiger partial charge in [0.25, 0.3) is 5.91 Å². The minimum absolute atomic E-state index is 0.0167. The number of rotatable bonds is 5. The number of benzene rings is 2. The first-order valence-electron chi connectivity index (χ1n) is 9.10. The molecular formula is C23H25NO3. The maximum atomic E-state index is 13.2. The van der Waals surface area contributed by atoms with Crippen LogP contribution >= 0.6 is 0 Å². The molecule has 0 aromatic heterocycles. The fourth-order valence-electron chi connectivity index (χ4n) is 3.30. The molecule has 1 amide bonds. The maximum Gasteiger partial charge on any atom is 0.261 e. The molecule has 0 unspecified atom stereocenters. The molecule has 1 aliphatic rings. The van der Waals surface area contributed by atoms with Crippen molar-refractivity contribution in [3.8, 4) is 0 Å². The highest BCUT2D eigenvalue weighted by Gasteiger charge is 2.41. The highest BCUT2D eigenvalue weighted by atomic mass is 16.5. The Hall–Kier alpha value is -2.88. The Morgan fingerprint density at radius 1 is 1.07 bits per heavy atom. The zero-order chi connectivity index (χ0) is 19.6. The maximum absolute atomic E-state index is 13.2. The Labute approximate surface area is 160 Å². The van der Waals surface area contributed by atoms with Crippen molar-refractivity contribution in [2.45, 2.75) is 39.7 Å². The highest BCUT2D eigenvalue weighted by Crippen LogP contribution is 2.31. The average Bonchev–Trinajstić information content (AvgIpc) is 2.62. The van der Waals surface area contributed by atoms with Crippen LogP contribution in [0.4, 0.5) is 0 Å². The summed E-state index contributed by atoms with van der Waals surface area (Å²) in [5.41, 5.74) is 2.40. The van der Waals surface area contributed by atoms with E-state index in [2.05, 4.69) is 0 Å². The number of nitrogens with zero attached hydrogens (tertiary/aromatic N) is 1. The molecule has 3 rings (SSSR count). The average molecular weight is 363 g/mol. The lowest BCUT2D eigenvalue weighted by molar-refractivity contribution is -0.148. The Balaban J connectivity index is 1.86. The predicted octanol–water partition coefficient (Wildman–Crippen LogP) is 4.13. The van der Waals surface area contributed by atoms with Gasteiger partial charge in [-0.1, -0.05) is 60.2 Å². The van der Waals surface area contributed by atoms with E-state index in [1.54, 1.807) is 20.8 Å². The monoisotopic (exact) mass is 363 g/mol. The summed E-state index contributed by atoms with van der Waals surface area (Å²) in [6, 6.07) is 17.3. The van der Waals surface area contributed by atoms with Crippen LogP contribution < -0.4 is 0 Å². The van der Waals surface area contributed by atoms with Gasteiger partial charge in [0.1, 0.15) is 5.76 Å². The number of ether oxygens (including phenoxy) is 1. The smallest absolute Gasteiger partial charge is 0.261 e. The van der Waals surface area contributed by atoms with E-state index in [9.17, 15) is 9.59 Å². The Morgan fingerprint density at radius 2 is 1.78 bits per heavy atom. The van der Waals surface area contributed by atoms with E-state index in [4.69, 9.17) is 4.74 Å². The zero-order valence-electron chi connectivity index (χ0n) is 16.3. The number of hydrogen-bond donors (Lipinski definition) is 0. The van der Waals surface area contributed by atoms with Gasteiger partial charge in [0, 0.05) is 6.42 Å². The van der Waals surface area contributed by atoms with Crippen LogP contribution in [0.3, 0.4) is 0 Å². The lowest BCUT2D eigenvalue weighted by Gasteiger charge is -2.40. The van der Waals surface area contributed by atoms with Gasteiger partial charge in [0.05, 0.1) is 11.1 Å². The fourth-order valence-corrected chi connectivity index (χ4v) is 3.30. The van der Waals surface area contributed by atoms with Gasteiger partial charge in [-0.2, -0.15) is 0 Å². The van der Waals surface area contributed by atoms with E-state index in [0.29, 0.717) is 11.3 Å². The number of carbonyl (C=O) groups excluding carboxylic acids is 2. The molecule has 0 atom stereocenters. The summed E-state index contributed by atoms with van der Waals surface area (Å²) in [5.74, 6) is 0.397. The SMILES string of the molecule is CC1=C(c2ccccc2)C(=O)N(C(C)(C)C(=O)Cc2cccc(C)c2)CO1. The molecule has 0 spiro atoms. The number of Topliss-reactive ketones (excluding diaryl/α,β-unsaturated/α-hetero) is 1. The van der Waals surface area contributed by atoms with Crippen LogP contribution in [0.25, 0.3) is 5.57 Å². The molecule has 4 nitrogen and oxygen atoms in total. The number of amides is 1. The first kappa shape index (κ1) is 18.9. The van der Waals surface area contributed by atoms with E-state index in [-0.39, 0.29) is 24.8 Å². The number of allylic oxidation sites excluding steroid dienone is 1. The van der Waals surface area contributed by atoms with E-state index in [1.807, 2.05) is 61.5 Å². The second kappa shape index (κ2) is 7.39. The zero-order valence-corrected chi connectivity index (χ0v) is 16.3. The quantitative estimate of drug-likeness (QED) is 0.802. The molecule has 1 aliphatic heterocycles. The van der Waals surface area contributed by atoms with E-state index in [0.717, 1.165) is 16.7 Å². The molecule has 0 radical (unpaired) electrons. The normalized spacial score (nSPS) is 15.0. The second-order valence-corrected chi connectivity index (χ2v) is 7.45. The Kier molecular flexibility index (Phi) is 5.17. The molecule has 1 heterocycles. The van der Waals surface area contributed by atoms with Crippen molar-refractivity contribution in [2.24, 2.45) is 0 Å². The topological polar surface area (TPSA) is 46.6 Å². The van der Waals surface area contributed by atoms with Crippen LogP contribution in [0.2, 0.25) is 0 Å². The van der Waals surface area contributed by atoms with Crippen LogP contribution in [0, 0.1) is 6.92 Å². The Bertz CT molecular complexity index is 897. The summed E-state index contributed by atoms with van der Waals surface area (Å²) in [7, 11) is 0.